The highest BCUT2D eigenvalue weighted by atomic mass is 32.2. The molecule has 32 heavy (non-hydrogen) atoms. The Labute approximate surface area is 192 Å². The number of nitrogens with one attached hydrogen (secondary N) is 1. The third kappa shape index (κ3) is 5.02. The van der Waals surface area contributed by atoms with Gasteiger partial charge in [0.1, 0.15) is 12.4 Å². The summed E-state index contributed by atoms with van der Waals surface area (Å²) in [7, 11) is 1.89. The van der Waals surface area contributed by atoms with Gasteiger partial charge in [0.05, 0.1) is 0 Å². The Bertz CT molecular complexity index is 1110. The molecule has 4 rings (SSSR count). The quantitative estimate of drug-likeness (QED) is 0.617. The third-order valence-corrected chi connectivity index (χ3v) is 6.52. The SMILES string of the molecule is CC(C)CC(=O)N1Cc2ccccc2CC1C(=O)Nc1ccc(Sc2nncn2C)cc1. The lowest BCUT2D eigenvalue weighted by Crippen LogP contribution is -2.50. The molecule has 0 aliphatic carbocycles. The van der Waals surface area contributed by atoms with Crippen LogP contribution in [0.15, 0.2) is 64.9 Å². The van der Waals surface area contributed by atoms with Crippen LogP contribution in [0.2, 0.25) is 0 Å². The Morgan fingerprint density at radius 1 is 1.12 bits per heavy atom. The summed E-state index contributed by atoms with van der Waals surface area (Å²) >= 11 is 1.50. The molecule has 2 heterocycles. The van der Waals surface area contributed by atoms with E-state index in [4.69, 9.17) is 0 Å². The van der Waals surface area contributed by atoms with Crippen molar-refractivity contribution in [2.75, 3.05) is 5.32 Å². The minimum absolute atomic E-state index is 0.0186. The molecule has 1 unspecified atom stereocenters. The van der Waals surface area contributed by atoms with Gasteiger partial charge in [0.15, 0.2) is 5.16 Å². The molecule has 0 fully saturated rings. The Kier molecular flexibility index (Phi) is 6.60. The van der Waals surface area contributed by atoms with Gasteiger partial charge in [0.25, 0.3) is 0 Å². The minimum Gasteiger partial charge on any atom is -0.326 e. The largest absolute Gasteiger partial charge is 0.326 e. The summed E-state index contributed by atoms with van der Waals surface area (Å²) in [5, 5.41) is 11.8. The van der Waals surface area contributed by atoms with Crippen molar-refractivity contribution in [3.8, 4) is 0 Å². The number of anilines is 1. The topological polar surface area (TPSA) is 80.1 Å². The highest BCUT2D eigenvalue weighted by Gasteiger charge is 2.34. The van der Waals surface area contributed by atoms with Crippen LogP contribution in [-0.2, 0) is 29.6 Å². The lowest BCUT2D eigenvalue weighted by Gasteiger charge is -2.36. The van der Waals surface area contributed by atoms with Crippen molar-refractivity contribution in [1.29, 1.82) is 0 Å². The van der Waals surface area contributed by atoms with Crippen molar-refractivity contribution in [2.45, 2.75) is 49.3 Å². The number of nitrogens with zero attached hydrogens (tertiary/aromatic N) is 4. The van der Waals surface area contributed by atoms with Crippen molar-refractivity contribution >= 4 is 29.3 Å². The average Bonchev–Trinajstić information content (AvgIpc) is 3.18. The van der Waals surface area contributed by atoms with E-state index in [0.29, 0.717) is 25.1 Å². The highest BCUT2D eigenvalue weighted by Crippen LogP contribution is 2.28. The molecule has 0 radical (unpaired) electrons. The molecule has 0 spiro atoms. The van der Waals surface area contributed by atoms with E-state index < -0.39 is 6.04 Å². The predicted molar refractivity (Wildman–Crippen MR) is 124 cm³/mol. The summed E-state index contributed by atoms with van der Waals surface area (Å²) in [4.78, 5) is 28.9. The van der Waals surface area contributed by atoms with E-state index in [-0.39, 0.29) is 17.7 Å². The summed E-state index contributed by atoms with van der Waals surface area (Å²) in [6, 6.07) is 15.1. The van der Waals surface area contributed by atoms with Crippen LogP contribution in [0.5, 0.6) is 0 Å². The first-order valence-electron chi connectivity index (χ1n) is 10.7. The molecule has 0 bridgehead atoms. The molecule has 1 aliphatic rings. The fourth-order valence-corrected chi connectivity index (χ4v) is 4.55. The molecule has 0 saturated heterocycles. The summed E-state index contributed by atoms with van der Waals surface area (Å²) in [6.07, 6.45) is 2.61. The molecule has 7 nitrogen and oxygen atoms in total. The van der Waals surface area contributed by atoms with Crippen LogP contribution < -0.4 is 5.32 Å². The molecular weight excluding hydrogens is 422 g/mol. The van der Waals surface area contributed by atoms with Crippen LogP contribution in [0, 0.1) is 5.92 Å². The third-order valence-electron chi connectivity index (χ3n) is 5.46. The van der Waals surface area contributed by atoms with Crippen molar-refractivity contribution in [3.05, 3.63) is 66.0 Å². The highest BCUT2D eigenvalue weighted by molar-refractivity contribution is 7.99. The predicted octanol–water partition coefficient (Wildman–Crippen LogP) is 3.90. The molecule has 2 amide bonds. The van der Waals surface area contributed by atoms with E-state index in [1.54, 1.807) is 11.2 Å². The van der Waals surface area contributed by atoms with Gasteiger partial charge in [-0.05, 0) is 53.1 Å². The monoisotopic (exact) mass is 449 g/mol. The van der Waals surface area contributed by atoms with Crippen molar-refractivity contribution < 1.29 is 9.59 Å². The maximum Gasteiger partial charge on any atom is 0.247 e. The van der Waals surface area contributed by atoms with Gasteiger partial charge in [-0.15, -0.1) is 10.2 Å². The number of aromatic nitrogens is 3. The number of carbonyl (C=O) groups is 2. The fraction of sp³-hybridized carbons (Fsp3) is 0.333. The first-order chi connectivity index (χ1) is 15.4. The molecule has 3 aromatic rings. The van der Waals surface area contributed by atoms with E-state index in [1.807, 2.05) is 74.0 Å². The molecule has 2 aromatic carbocycles. The normalized spacial score (nSPS) is 15.5. The van der Waals surface area contributed by atoms with E-state index in [2.05, 4.69) is 15.5 Å². The zero-order valence-electron chi connectivity index (χ0n) is 18.5. The van der Waals surface area contributed by atoms with Crippen LogP contribution in [-0.4, -0.2) is 37.5 Å². The number of hydrogen-bond donors (Lipinski definition) is 1. The van der Waals surface area contributed by atoms with E-state index >= 15 is 0 Å². The van der Waals surface area contributed by atoms with E-state index in [0.717, 1.165) is 21.2 Å². The zero-order valence-corrected chi connectivity index (χ0v) is 19.3. The van der Waals surface area contributed by atoms with Gasteiger partial charge in [-0.1, -0.05) is 38.1 Å². The number of amides is 2. The van der Waals surface area contributed by atoms with Gasteiger partial charge in [-0.3, -0.25) is 9.59 Å². The standard InChI is InChI=1S/C24H27N5O2S/c1-16(2)12-22(30)29-14-18-7-5-4-6-17(18)13-21(29)23(31)26-19-8-10-20(11-9-19)32-24-27-25-15-28(24)3/h4-11,15-16,21H,12-14H2,1-3H3,(H,26,31). The van der Waals surface area contributed by atoms with Crippen molar-refractivity contribution in [3.63, 3.8) is 0 Å². The summed E-state index contributed by atoms with van der Waals surface area (Å²) < 4.78 is 1.85. The van der Waals surface area contributed by atoms with Crippen molar-refractivity contribution in [1.82, 2.24) is 19.7 Å². The van der Waals surface area contributed by atoms with Gasteiger partial charge in [-0.2, -0.15) is 0 Å². The first-order valence-corrected chi connectivity index (χ1v) is 11.5. The van der Waals surface area contributed by atoms with Gasteiger partial charge in [0, 0.05) is 37.0 Å². The van der Waals surface area contributed by atoms with Gasteiger partial charge < -0.3 is 14.8 Å². The van der Waals surface area contributed by atoms with Gasteiger partial charge in [0.2, 0.25) is 11.8 Å². The van der Waals surface area contributed by atoms with Crippen molar-refractivity contribution in [2.24, 2.45) is 13.0 Å². The Morgan fingerprint density at radius 3 is 2.50 bits per heavy atom. The lowest BCUT2D eigenvalue weighted by molar-refractivity contribution is -0.140. The number of carbonyl (C=O) groups excluding carboxylic acids is 2. The number of fused-ring (bicyclic) bond motifs is 1. The van der Waals surface area contributed by atoms with Gasteiger partial charge in [-0.25, -0.2) is 0 Å². The van der Waals surface area contributed by atoms with E-state index in [1.165, 1.54) is 11.8 Å². The number of aryl methyl sites for hydroxylation is 1. The smallest absolute Gasteiger partial charge is 0.247 e. The summed E-state index contributed by atoms with van der Waals surface area (Å²) in [5.41, 5.74) is 2.93. The first kappa shape index (κ1) is 22.1. The molecule has 0 saturated carbocycles. The zero-order chi connectivity index (χ0) is 22.7. The number of benzene rings is 2. The molecule has 166 valence electrons. The second kappa shape index (κ2) is 9.56. The Balaban J connectivity index is 1.48. The minimum atomic E-state index is -0.524. The fourth-order valence-electron chi connectivity index (χ4n) is 3.79. The lowest BCUT2D eigenvalue weighted by atomic mass is 9.92. The number of hydrogen-bond acceptors (Lipinski definition) is 5. The summed E-state index contributed by atoms with van der Waals surface area (Å²) in [6.45, 7) is 4.50. The summed E-state index contributed by atoms with van der Waals surface area (Å²) in [5.74, 6) is 0.0951. The second-order valence-electron chi connectivity index (χ2n) is 8.45. The van der Waals surface area contributed by atoms with Crippen LogP contribution in [0.4, 0.5) is 5.69 Å². The van der Waals surface area contributed by atoms with Crippen LogP contribution in [0.3, 0.4) is 0 Å². The van der Waals surface area contributed by atoms with Gasteiger partial charge >= 0.3 is 0 Å². The van der Waals surface area contributed by atoms with Crippen LogP contribution in [0.1, 0.15) is 31.4 Å². The maximum absolute atomic E-state index is 13.2. The number of rotatable bonds is 6. The Hall–Kier alpha value is -3.13. The average molecular weight is 450 g/mol. The molecule has 1 N–H and O–H groups in total. The molecule has 8 heteroatoms. The maximum atomic E-state index is 13.2. The van der Waals surface area contributed by atoms with Crippen LogP contribution in [0.25, 0.3) is 0 Å². The molecule has 1 aliphatic heterocycles. The second-order valence-corrected chi connectivity index (χ2v) is 9.49. The van der Waals surface area contributed by atoms with E-state index in [9.17, 15) is 9.59 Å². The molecule has 1 atom stereocenters. The Morgan fingerprint density at radius 2 is 1.84 bits per heavy atom. The molecule has 1 aromatic heterocycles. The van der Waals surface area contributed by atoms with Crippen LogP contribution >= 0.6 is 11.8 Å². The molecular formula is C24H27N5O2S.